The molecule has 5 aromatic rings. The van der Waals surface area contributed by atoms with Gasteiger partial charge < -0.3 is 5.32 Å². The zero-order valence-corrected chi connectivity index (χ0v) is 17.3. The van der Waals surface area contributed by atoms with Gasteiger partial charge in [0, 0.05) is 35.1 Å². The quantitative estimate of drug-likeness (QED) is 0.446. The van der Waals surface area contributed by atoms with Crippen LogP contribution in [0.15, 0.2) is 79.0 Å². The Balaban J connectivity index is 1.43. The monoisotopic (exact) mass is 427 g/mol. The summed E-state index contributed by atoms with van der Waals surface area (Å²) in [4.78, 5) is 17.8. The summed E-state index contributed by atoms with van der Waals surface area (Å²) in [5, 5.41) is 12.8. The number of nitrogens with zero attached hydrogens (tertiary/aromatic N) is 4. The van der Waals surface area contributed by atoms with E-state index in [0.717, 1.165) is 27.9 Å². The van der Waals surface area contributed by atoms with Gasteiger partial charge in [-0.1, -0.05) is 54.1 Å². The van der Waals surface area contributed by atoms with E-state index in [-0.39, 0.29) is 5.91 Å². The number of carbonyl (C=O) groups excluding carboxylic acids is 1. The average molecular weight is 428 g/mol. The van der Waals surface area contributed by atoms with Crippen LogP contribution in [0.5, 0.6) is 0 Å². The molecular weight excluding hydrogens is 410 g/mol. The van der Waals surface area contributed by atoms with E-state index in [2.05, 4.69) is 15.5 Å². The van der Waals surface area contributed by atoms with Crippen molar-refractivity contribution < 1.29 is 4.79 Å². The highest BCUT2D eigenvalue weighted by atomic mass is 35.5. The molecule has 2 aromatic carbocycles. The lowest BCUT2D eigenvalue weighted by atomic mass is 10.0. The molecule has 0 unspecified atom stereocenters. The smallest absolute Gasteiger partial charge is 0.252 e. The van der Waals surface area contributed by atoms with Crippen molar-refractivity contribution in [2.75, 3.05) is 6.54 Å². The highest BCUT2D eigenvalue weighted by Crippen LogP contribution is 2.29. The highest BCUT2D eigenvalue weighted by Gasteiger charge is 2.15. The van der Waals surface area contributed by atoms with Gasteiger partial charge in [0.1, 0.15) is 5.82 Å². The Bertz CT molecular complexity index is 1410. The number of carbonyl (C=O) groups is 1. The van der Waals surface area contributed by atoms with Gasteiger partial charge in [-0.2, -0.15) is 0 Å². The van der Waals surface area contributed by atoms with E-state index in [1.54, 1.807) is 6.07 Å². The second-order valence-corrected chi connectivity index (χ2v) is 7.51. The summed E-state index contributed by atoms with van der Waals surface area (Å²) in [7, 11) is 0. The second-order valence-electron chi connectivity index (χ2n) is 7.10. The molecule has 5 rings (SSSR count). The van der Waals surface area contributed by atoms with Crippen LogP contribution >= 0.6 is 11.6 Å². The molecule has 31 heavy (non-hydrogen) atoms. The van der Waals surface area contributed by atoms with Gasteiger partial charge in [0.15, 0.2) is 5.65 Å². The molecular formula is C24H18ClN5O. The van der Waals surface area contributed by atoms with Gasteiger partial charge in [-0.15, -0.1) is 10.2 Å². The standard InChI is InChI=1S/C24H18ClN5O/c25-19-9-3-1-8-17(19)21-15-18(16-7-2-4-10-20(16)27-21)24(31)26-13-12-23-29-28-22-11-5-6-14-30(22)23/h1-11,14-15H,12-13H2,(H,26,31). The average Bonchev–Trinajstić information content (AvgIpc) is 3.22. The molecule has 0 aliphatic heterocycles. The van der Waals surface area contributed by atoms with Crippen LogP contribution in [0.2, 0.25) is 5.02 Å². The van der Waals surface area contributed by atoms with Crippen molar-refractivity contribution in [3.8, 4) is 11.3 Å². The maximum Gasteiger partial charge on any atom is 0.252 e. The number of rotatable bonds is 5. The molecule has 0 radical (unpaired) electrons. The van der Waals surface area contributed by atoms with Crippen molar-refractivity contribution in [1.29, 1.82) is 0 Å². The minimum atomic E-state index is -0.166. The van der Waals surface area contributed by atoms with Gasteiger partial charge in [-0.3, -0.25) is 9.20 Å². The Morgan fingerprint density at radius 1 is 0.968 bits per heavy atom. The zero-order chi connectivity index (χ0) is 21.2. The first-order valence-corrected chi connectivity index (χ1v) is 10.3. The predicted molar refractivity (Wildman–Crippen MR) is 121 cm³/mol. The maximum atomic E-state index is 13.1. The molecule has 0 aliphatic rings. The molecule has 0 aliphatic carbocycles. The summed E-state index contributed by atoms with van der Waals surface area (Å²) in [6.07, 6.45) is 2.48. The van der Waals surface area contributed by atoms with Crippen molar-refractivity contribution in [3.63, 3.8) is 0 Å². The van der Waals surface area contributed by atoms with Gasteiger partial charge in [-0.05, 0) is 30.3 Å². The van der Waals surface area contributed by atoms with Crippen molar-refractivity contribution in [2.24, 2.45) is 0 Å². The first-order valence-electron chi connectivity index (χ1n) is 9.92. The third kappa shape index (κ3) is 3.73. The second kappa shape index (κ2) is 8.16. The summed E-state index contributed by atoms with van der Waals surface area (Å²) < 4.78 is 1.92. The molecule has 1 amide bonds. The normalized spacial score (nSPS) is 11.1. The number of halogens is 1. The molecule has 7 heteroatoms. The molecule has 6 nitrogen and oxygen atoms in total. The fraction of sp³-hybridized carbons (Fsp3) is 0.0833. The lowest BCUT2D eigenvalue weighted by molar-refractivity contribution is 0.0955. The molecule has 0 fully saturated rings. The molecule has 0 saturated heterocycles. The number of fused-ring (bicyclic) bond motifs is 2. The first-order chi connectivity index (χ1) is 15.2. The number of pyridine rings is 2. The van der Waals surface area contributed by atoms with E-state index < -0.39 is 0 Å². The Kier molecular flexibility index (Phi) is 5.06. The minimum Gasteiger partial charge on any atom is -0.352 e. The van der Waals surface area contributed by atoms with Gasteiger partial charge in [0.2, 0.25) is 0 Å². The van der Waals surface area contributed by atoms with E-state index in [4.69, 9.17) is 16.6 Å². The Morgan fingerprint density at radius 3 is 2.68 bits per heavy atom. The lowest BCUT2D eigenvalue weighted by Gasteiger charge is -2.11. The van der Waals surface area contributed by atoms with Gasteiger partial charge in [-0.25, -0.2) is 4.98 Å². The lowest BCUT2D eigenvalue weighted by Crippen LogP contribution is -2.26. The van der Waals surface area contributed by atoms with Crippen LogP contribution in [0, 0.1) is 0 Å². The highest BCUT2D eigenvalue weighted by molar-refractivity contribution is 6.33. The number of amides is 1. The predicted octanol–water partition coefficient (Wildman–Crippen LogP) is 4.57. The largest absolute Gasteiger partial charge is 0.352 e. The van der Waals surface area contributed by atoms with Crippen LogP contribution in [-0.4, -0.2) is 32.0 Å². The fourth-order valence-electron chi connectivity index (χ4n) is 3.61. The summed E-state index contributed by atoms with van der Waals surface area (Å²) in [5.41, 5.74) is 3.55. The summed E-state index contributed by atoms with van der Waals surface area (Å²) in [6, 6.07) is 22.6. The number of hydrogen-bond acceptors (Lipinski definition) is 4. The molecule has 152 valence electrons. The van der Waals surface area contributed by atoms with Crippen LogP contribution in [0.25, 0.3) is 27.8 Å². The van der Waals surface area contributed by atoms with Crippen molar-refractivity contribution in [3.05, 3.63) is 95.4 Å². The van der Waals surface area contributed by atoms with E-state index in [1.165, 1.54) is 0 Å². The Hall–Kier alpha value is -3.77. The van der Waals surface area contributed by atoms with E-state index in [0.29, 0.717) is 29.2 Å². The number of hydrogen-bond donors (Lipinski definition) is 1. The van der Waals surface area contributed by atoms with Crippen molar-refractivity contribution >= 4 is 34.1 Å². The van der Waals surface area contributed by atoms with Crippen LogP contribution in [-0.2, 0) is 6.42 Å². The molecule has 0 atom stereocenters. The maximum absolute atomic E-state index is 13.1. The van der Waals surface area contributed by atoms with Crippen LogP contribution in [0.4, 0.5) is 0 Å². The van der Waals surface area contributed by atoms with E-state index in [1.807, 2.05) is 77.3 Å². The number of aromatic nitrogens is 4. The third-order valence-electron chi connectivity index (χ3n) is 5.13. The molecule has 1 N–H and O–H groups in total. The van der Waals surface area contributed by atoms with Crippen LogP contribution in [0.3, 0.4) is 0 Å². The molecule has 0 spiro atoms. The summed E-state index contributed by atoms with van der Waals surface area (Å²) in [6.45, 7) is 0.437. The topological polar surface area (TPSA) is 72.2 Å². The summed E-state index contributed by atoms with van der Waals surface area (Å²) in [5.74, 6) is 0.632. The fourth-order valence-corrected chi connectivity index (χ4v) is 3.85. The first kappa shape index (κ1) is 19.2. The molecule has 3 heterocycles. The van der Waals surface area contributed by atoms with E-state index in [9.17, 15) is 4.79 Å². The zero-order valence-electron chi connectivity index (χ0n) is 16.5. The Morgan fingerprint density at radius 2 is 1.77 bits per heavy atom. The van der Waals surface area contributed by atoms with Crippen molar-refractivity contribution in [1.82, 2.24) is 24.9 Å². The molecule has 3 aromatic heterocycles. The SMILES string of the molecule is O=C(NCCc1nnc2ccccn12)c1cc(-c2ccccc2Cl)nc2ccccc12. The molecule has 0 bridgehead atoms. The number of benzene rings is 2. The van der Waals surface area contributed by atoms with Gasteiger partial charge in [0.05, 0.1) is 16.8 Å². The van der Waals surface area contributed by atoms with Gasteiger partial charge in [0.25, 0.3) is 5.91 Å². The van der Waals surface area contributed by atoms with Gasteiger partial charge >= 0.3 is 0 Å². The van der Waals surface area contributed by atoms with E-state index >= 15 is 0 Å². The third-order valence-corrected chi connectivity index (χ3v) is 5.46. The molecule has 0 saturated carbocycles. The Labute approximate surface area is 183 Å². The van der Waals surface area contributed by atoms with Crippen molar-refractivity contribution in [2.45, 2.75) is 6.42 Å². The van der Waals surface area contributed by atoms with Crippen LogP contribution in [0.1, 0.15) is 16.2 Å². The summed E-state index contributed by atoms with van der Waals surface area (Å²) >= 11 is 6.37. The number of nitrogens with one attached hydrogen (secondary N) is 1. The number of para-hydroxylation sites is 1. The minimum absolute atomic E-state index is 0.166. The van der Waals surface area contributed by atoms with Crippen LogP contribution < -0.4 is 5.32 Å².